The minimum Gasteiger partial charge on any atom is -0.360 e. The van der Waals surface area contributed by atoms with Crippen LogP contribution in [0.3, 0.4) is 0 Å². The Morgan fingerprint density at radius 1 is 1.32 bits per heavy atom. The number of anilines is 1. The maximum Gasteiger partial charge on any atom is 0.266 e. The number of hydrogen-bond acceptors (Lipinski definition) is 3. The van der Waals surface area contributed by atoms with Crippen LogP contribution < -0.4 is 5.32 Å². The average Bonchev–Trinajstić information content (AvgIpc) is 2.49. The predicted molar refractivity (Wildman–Crippen MR) is 90.2 cm³/mol. The van der Waals surface area contributed by atoms with E-state index in [1.54, 1.807) is 12.2 Å². The second-order valence-electron chi connectivity index (χ2n) is 4.92. The molecule has 114 valence electrons. The van der Waals surface area contributed by atoms with Gasteiger partial charge in [0, 0.05) is 25.0 Å². The highest BCUT2D eigenvalue weighted by molar-refractivity contribution is 5.97. The molecule has 0 heterocycles. The van der Waals surface area contributed by atoms with Crippen molar-refractivity contribution in [1.82, 2.24) is 4.90 Å². The molecule has 0 spiro atoms. The quantitative estimate of drug-likeness (QED) is 0.477. The van der Waals surface area contributed by atoms with Crippen molar-refractivity contribution in [2.75, 3.05) is 18.4 Å². The fraction of sp³-hybridized carbons (Fsp3) is 0.222. The molecule has 0 aliphatic rings. The number of rotatable bonds is 7. The maximum absolute atomic E-state index is 12.3. The van der Waals surface area contributed by atoms with Crippen LogP contribution in [0.5, 0.6) is 0 Å². The van der Waals surface area contributed by atoms with Crippen molar-refractivity contribution in [2.45, 2.75) is 13.8 Å². The Labute approximate surface area is 132 Å². The van der Waals surface area contributed by atoms with E-state index in [2.05, 4.69) is 18.5 Å². The van der Waals surface area contributed by atoms with Gasteiger partial charge >= 0.3 is 0 Å². The summed E-state index contributed by atoms with van der Waals surface area (Å²) < 4.78 is 0. The number of nitrogens with zero attached hydrogens (tertiary/aromatic N) is 2. The standard InChI is InChI=1S/C18H21N3O/c1-5-9-21(10-6-2)18(22)16(12-19)13-20-17-8-7-14(3)11-15(17)4/h5-8,11,13,20H,1-2,9-10H2,3-4H3/b16-13-. The molecule has 0 atom stereocenters. The molecule has 1 rings (SSSR count). The molecule has 0 aliphatic heterocycles. The number of aryl methyl sites for hydroxylation is 2. The molecule has 1 N–H and O–H groups in total. The highest BCUT2D eigenvalue weighted by Crippen LogP contribution is 2.16. The van der Waals surface area contributed by atoms with E-state index in [4.69, 9.17) is 0 Å². The summed E-state index contributed by atoms with van der Waals surface area (Å²) in [5, 5.41) is 12.2. The molecular weight excluding hydrogens is 274 g/mol. The van der Waals surface area contributed by atoms with E-state index in [9.17, 15) is 10.1 Å². The van der Waals surface area contributed by atoms with Crippen LogP contribution in [0.1, 0.15) is 11.1 Å². The lowest BCUT2D eigenvalue weighted by Gasteiger charge is -2.18. The Hall–Kier alpha value is -2.80. The number of nitriles is 1. The van der Waals surface area contributed by atoms with Crippen LogP contribution in [0, 0.1) is 25.2 Å². The lowest BCUT2D eigenvalue weighted by molar-refractivity contribution is -0.125. The van der Waals surface area contributed by atoms with Crippen molar-refractivity contribution in [2.24, 2.45) is 0 Å². The highest BCUT2D eigenvalue weighted by Gasteiger charge is 2.16. The Kier molecular flexibility index (Phi) is 6.65. The van der Waals surface area contributed by atoms with E-state index in [0.29, 0.717) is 13.1 Å². The van der Waals surface area contributed by atoms with E-state index in [-0.39, 0.29) is 11.5 Å². The molecule has 1 amide bonds. The molecule has 0 aromatic heterocycles. The summed E-state index contributed by atoms with van der Waals surface area (Å²) in [7, 11) is 0. The van der Waals surface area contributed by atoms with Gasteiger partial charge in [0.05, 0.1) is 0 Å². The first kappa shape index (κ1) is 17.3. The third kappa shape index (κ3) is 4.64. The normalized spacial score (nSPS) is 10.5. The molecule has 0 bridgehead atoms. The average molecular weight is 295 g/mol. The van der Waals surface area contributed by atoms with Crippen LogP contribution >= 0.6 is 0 Å². The monoisotopic (exact) mass is 295 g/mol. The summed E-state index contributed by atoms with van der Waals surface area (Å²) in [5.41, 5.74) is 3.12. The van der Waals surface area contributed by atoms with E-state index < -0.39 is 0 Å². The number of benzene rings is 1. The second kappa shape index (κ2) is 8.48. The first-order chi connectivity index (χ1) is 10.5. The van der Waals surface area contributed by atoms with Gasteiger partial charge in [-0.2, -0.15) is 5.26 Å². The Morgan fingerprint density at radius 3 is 2.45 bits per heavy atom. The van der Waals surface area contributed by atoms with Gasteiger partial charge in [-0.05, 0) is 25.5 Å². The summed E-state index contributed by atoms with van der Waals surface area (Å²) in [6, 6.07) is 7.87. The van der Waals surface area contributed by atoms with Gasteiger partial charge in [-0.1, -0.05) is 29.8 Å². The molecule has 0 fully saturated rings. The third-order valence-electron chi connectivity index (χ3n) is 3.09. The number of nitrogens with one attached hydrogen (secondary N) is 1. The van der Waals surface area contributed by atoms with Crippen molar-refractivity contribution in [3.63, 3.8) is 0 Å². The fourth-order valence-electron chi connectivity index (χ4n) is 1.99. The van der Waals surface area contributed by atoms with Gasteiger partial charge in [0.1, 0.15) is 11.6 Å². The Morgan fingerprint density at radius 2 is 1.95 bits per heavy atom. The SMILES string of the molecule is C=CCN(CC=C)C(=O)/C(C#N)=C\Nc1ccc(C)cc1C. The molecule has 4 nitrogen and oxygen atoms in total. The molecule has 0 aliphatic carbocycles. The third-order valence-corrected chi connectivity index (χ3v) is 3.09. The van der Waals surface area contributed by atoms with Gasteiger partial charge in [0.25, 0.3) is 5.91 Å². The minimum absolute atomic E-state index is 0.0451. The number of hydrogen-bond donors (Lipinski definition) is 1. The Balaban J connectivity index is 2.94. The molecule has 22 heavy (non-hydrogen) atoms. The summed E-state index contributed by atoms with van der Waals surface area (Å²) in [4.78, 5) is 13.8. The van der Waals surface area contributed by atoms with E-state index in [0.717, 1.165) is 16.8 Å². The molecule has 0 saturated heterocycles. The topological polar surface area (TPSA) is 56.1 Å². The van der Waals surface area contributed by atoms with E-state index in [1.165, 1.54) is 11.1 Å². The van der Waals surface area contributed by atoms with Gasteiger partial charge < -0.3 is 10.2 Å². The predicted octanol–water partition coefficient (Wildman–Crippen LogP) is 3.32. The van der Waals surface area contributed by atoms with Crippen LogP contribution in [0.2, 0.25) is 0 Å². The smallest absolute Gasteiger partial charge is 0.266 e. The summed E-state index contributed by atoms with van der Waals surface area (Å²) in [5.74, 6) is -0.348. The molecule has 0 unspecified atom stereocenters. The summed E-state index contributed by atoms with van der Waals surface area (Å²) >= 11 is 0. The van der Waals surface area contributed by atoms with Crippen LogP contribution in [0.4, 0.5) is 5.69 Å². The second-order valence-corrected chi connectivity index (χ2v) is 4.92. The van der Waals surface area contributed by atoms with Gasteiger partial charge in [-0.3, -0.25) is 4.79 Å². The summed E-state index contributed by atoms with van der Waals surface area (Å²) in [6.07, 6.45) is 4.68. The first-order valence-corrected chi connectivity index (χ1v) is 6.98. The maximum atomic E-state index is 12.3. The molecule has 4 heteroatoms. The highest BCUT2D eigenvalue weighted by atomic mass is 16.2. The van der Waals surface area contributed by atoms with Crippen LogP contribution in [-0.2, 0) is 4.79 Å². The van der Waals surface area contributed by atoms with Crippen molar-refractivity contribution < 1.29 is 4.79 Å². The van der Waals surface area contributed by atoms with Gasteiger partial charge in [-0.25, -0.2) is 0 Å². The molecular formula is C18H21N3O. The van der Waals surface area contributed by atoms with Crippen LogP contribution in [-0.4, -0.2) is 23.9 Å². The molecule has 1 aromatic rings. The zero-order chi connectivity index (χ0) is 16.5. The van der Waals surface area contributed by atoms with Gasteiger partial charge in [-0.15, -0.1) is 13.2 Å². The lowest BCUT2D eigenvalue weighted by atomic mass is 10.1. The Bertz CT molecular complexity index is 628. The van der Waals surface area contributed by atoms with Gasteiger partial charge in [0.15, 0.2) is 0 Å². The summed E-state index contributed by atoms with van der Waals surface area (Å²) in [6.45, 7) is 12.0. The number of carbonyl (C=O) groups excluding carboxylic acids is 1. The van der Waals surface area contributed by atoms with Crippen molar-refractivity contribution in [3.8, 4) is 6.07 Å². The number of amides is 1. The fourth-order valence-corrected chi connectivity index (χ4v) is 1.99. The van der Waals surface area contributed by atoms with Crippen LogP contribution in [0.25, 0.3) is 0 Å². The van der Waals surface area contributed by atoms with Gasteiger partial charge in [0.2, 0.25) is 0 Å². The van der Waals surface area contributed by atoms with E-state index >= 15 is 0 Å². The zero-order valence-electron chi connectivity index (χ0n) is 13.1. The minimum atomic E-state index is -0.348. The van der Waals surface area contributed by atoms with Crippen LogP contribution in [0.15, 0.2) is 55.3 Å². The molecule has 1 aromatic carbocycles. The lowest BCUT2D eigenvalue weighted by Crippen LogP contribution is -2.32. The molecule has 0 radical (unpaired) electrons. The zero-order valence-corrected chi connectivity index (χ0v) is 13.1. The number of carbonyl (C=O) groups is 1. The van der Waals surface area contributed by atoms with Crippen molar-refractivity contribution >= 4 is 11.6 Å². The van der Waals surface area contributed by atoms with Crippen molar-refractivity contribution in [3.05, 3.63) is 66.4 Å². The van der Waals surface area contributed by atoms with E-state index in [1.807, 2.05) is 38.1 Å². The first-order valence-electron chi connectivity index (χ1n) is 6.98. The van der Waals surface area contributed by atoms with Crippen molar-refractivity contribution in [1.29, 1.82) is 5.26 Å². The molecule has 0 saturated carbocycles. The largest absolute Gasteiger partial charge is 0.360 e.